The molecule has 2 aromatic rings. The van der Waals surface area contributed by atoms with Crippen LogP contribution in [0.1, 0.15) is 31.0 Å². The van der Waals surface area contributed by atoms with Gasteiger partial charge in [-0.05, 0) is 38.4 Å². The van der Waals surface area contributed by atoms with Gasteiger partial charge in [0.2, 0.25) is 11.8 Å². The summed E-state index contributed by atoms with van der Waals surface area (Å²) in [6.45, 7) is 4.20. The third kappa shape index (κ3) is 7.62. The number of carbonyl (C=O) groups is 2. The average Bonchev–Trinajstić information content (AvgIpc) is 2.61. The van der Waals surface area contributed by atoms with E-state index in [1.54, 1.807) is 11.9 Å². The number of amides is 2. The molecule has 144 valence electrons. The Bertz CT molecular complexity index is 717. The molecule has 0 radical (unpaired) electrons. The molecular formula is C22H29N3O2. The molecular weight excluding hydrogens is 338 g/mol. The molecule has 0 aliphatic heterocycles. The van der Waals surface area contributed by atoms with Crippen molar-refractivity contribution in [1.82, 2.24) is 15.5 Å². The SMILES string of the molecule is CC(C)NC(=O)CN(C)CC(=O)N[C@@H](Cc1ccccc1)c1ccccc1. The third-order valence-corrected chi connectivity index (χ3v) is 4.10. The Morgan fingerprint density at radius 1 is 0.852 bits per heavy atom. The van der Waals surface area contributed by atoms with Crippen molar-refractivity contribution < 1.29 is 9.59 Å². The molecule has 0 saturated carbocycles. The van der Waals surface area contributed by atoms with Gasteiger partial charge in [0.25, 0.3) is 0 Å². The molecule has 2 rings (SSSR count). The summed E-state index contributed by atoms with van der Waals surface area (Å²) in [5, 5.41) is 5.95. The lowest BCUT2D eigenvalue weighted by Crippen LogP contribution is -2.43. The molecule has 0 unspecified atom stereocenters. The van der Waals surface area contributed by atoms with Gasteiger partial charge >= 0.3 is 0 Å². The number of hydrogen-bond donors (Lipinski definition) is 2. The molecule has 2 amide bonds. The van der Waals surface area contributed by atoms with E-state index >= 15 is 0 Å². The molecule has 2 aromatic carbocycles. The van der Waals surface area contributed by atoms with Crippen LogP contribution in [-0.4, -0.2) is 42.9 Å². The smallest absolute Gasteiger partial charge is 0.234 e. The molecule has 1 atom stereocenters. The molecule has 5 heteroatoms. The topological polar surface area (TPSA) is 61.4 Å². The lowest BCUT2D eigenvalue weighted by Gasteiger charge is -2.22. The van der Waals surface area contributed by atoms with E-state index in [2.05, 4.69) is 22.8 Å². The second kappa shape index (κ2) is 10.5. The van der Waals surface area contributed by atoms with Crippen molar-refractivity contribution in [3.05, 3.63) is 71.8 Å². The van der Waals surface area contributed by atoms with E-state index in [-0.39, 0.29) is 37.0 Å². The van der Waals surface area contributed by atoms with Gasteiger partial charge in [-0.2, -0.15) is 0 Å². The molecule has 0 aliphatic rings. The predicted octanol–water partition coefficient (Wildman–Crippen LogP) is 2.54. The summed E-state index contributed by atoms with van der Waals surface area (Å²) in [4.78, 5) is 26.1. The minimum absolute atomic E-state index is 0.0794. The zero-order valence-corrected chi connectivity index (χ0v) is 16.3. The molecule has 0 saturated heterocycles. The monoisotopic (exact) mass is 367 g/mol. The fraction of sp³-hybridized carbons (Fsp3) is 0.364. The number of likely N-dealkylation sites (N-methyl/N-ethyl adjacent to an activating group) is 1. The molecule has 0 aliphatic carbocycles. The van der Waals surface area contributed by atoms with Crippen LogP contribution in [0.5, 0.6) is 0 Å². The highest BCUT2D eigenvalue weighted by Gasteiger charge is 2.17. The Balaban J connectivity index is 1.98. The molecule has 0 aromatic heterocycles. The van der Waals surface area contributed by atoms with Gasteiger partial charge in [0.1, 0.15) is 0 Å². The fourth-order valence-corrected chi connectivity index (χ4v) is 2.94. The van der Waals surface area contributed by atoms with Crippen molar-refractivity contribution in [2.45, 2.75) is 32.4 Å². The van der Waals surface area contributed by atoms with Crippen LogP contribution in [0.2, 0.25) is 0 Å². The second-order valence-corrected chi connectivity index (χ2v) is 7.12. The maximum atomic E-state index is 12.5. The van der Waals surface area contributed by atoms with Crippen LogP contribution in [-0.2, 0) is 16.0 Å². The molecule has 0 spiro atoms. The van der Waals surface area contributed by atoms with Crippen LogP contribution in [0, 0.1) is 0 Å². The zero-order chi connectivity index (χ0) is 19.6. The van der Waals surface area contributed by atoms with E-state index in [1.807, 2.05) is 62.4 Å². The number of benzene rings is 2. The first-order chi connectivity index (χ1) is 12.9. The van der Waals surface area contributed by atoms with Crippen molar-refractivity contribution in [3.8, 4) is 0 Å². The average molecular weight is 367 g/mol. The highest BCUT2D eigenvalue weighted by Crippen LogP contribution is 2.18. The van der Waals surface area contributed by atoms with E-state index in [1.165, 1.54) is 0 Å². The quantitative estimate of drug-likeness (QED) is 0.716. The maximum absolute atomic E-state index is 12.5. The van der Waals surface area contributed by atoms with Gasteiger partial charge in [-0.25, -0.2) is 0 Å². The number of rotatable bonds is 9. The molecule has 0 bridgehead atoms. The largest absolute Gasteiger partial charge is 0.353 e. The minimum Gasteiger partial charge on any atom is -0.353 e. The molecule has 5 nitrogen and oxygen atoms in total. The van der Waals surface area contributed by atoms with Crippen LogP contribution in [0.3, 0.4) is 0 Å². The Morgan fingerprint density at radius 3 is 1.93 bits per heavy atom. The number of nitrogens with zero attached hydrogens (tertiary/aromatic N) is 1. The van der Waals surface area contributed by atoms with Crippen LogP contribution in [0.15, 0.2) is 60.7 Å². The summed E-state index contributed by atoms with van der Waals surface area (Å²) < 4.78 is 0. The Hall–Kier alpha value is -2.66. The maximum Gasteiger partial charge on any atom is 0.234 e. The lowest BCUT2D eigenvalue weighted by atomic mass is 9.99. The number of nitrogens with one attached hydrogen (secondary N) is 2. The minimum atomic E-state index is -0.112. The van der Waals surface area contributed by atoms with Gasteiger partial charge in [-0.3, -0.25) is 14.5 Å². The van der Waals surface area contributed by atoms with E-state index in [0.717, 1.165) is 11.1 Å². The van der Waals surface area contributed by atoms with E-state index < -0.39 is 0 Å². The lowest BCUT2D eigenvalue weighted by molar-refractivity contribution is -0.125. The highest BCUT2D eigenvalue weighted by atomic mass is 16.2. The van der Waals surface area contributed by atoms with Crippen LogP contribution < -0.4 is 10.6 Å². The first-order valence-corrected chi connectivity index (χ1v) is 9.30. The first kappa shape index (κ1) is 20.6. The molecule has 0 fully saturated rings. The van der Waals surface area contributed by atoms with Crippen molar-refractivity contribution >= 4 is 11.8 Å². The third-order valence-electron chi connectivity index (χ3n) is 4.10. The summed E-state index contributed by atoms with van der Waals surface area (Å²) >= 11 is 0. The van der Waals surface area contributed by atoms with Gasteiger partial charge in [-0.15, -0.1) is 0 Å². The zero-order valence-electron chi connectivity index (χ0n) is 16.3. The van der Waals surface area contributed by atoms with Gasteiger partial charge < -0.3 is 10.6 Å². The summed E-state index contributed by atoms with van der Waals surface area (Å²) in [5.74, 6) is -0.177. The molecule has 0 heterocycles. The summed E-state index contributed by atoms with van der Waals surface area (Å²) in [7, 11) is 1.77. The van der Waals surface area contributed by atoms with E-state index in [0.29, 0.717) is 6.42 Å². The van der Waals surface area contributed by atoms with Crippen molar-refractivity contribution in [2.24, 2.45) is 0 Å². The van der Waals surface area contributed by atoms with Crippen LogP contribution in [0.4, 0.5) is 0 Å². The normalized spacial score (nSPS) is 12.0. The summed E-state index contributed by atoms with van der Waals surface area (Å²) in [6.07, 6.45) is 0.716. The van der Waals surface area contributed by atoms with Crippen molar-refractivity contribution in [3.63, 3.8) is 0 Å². The summed E-state index contributed by atoms with van der Waals surface area (Å²) in [5.41, 5.74) is 2.23. The van der Waals surface area contributed by atoms with E-state index in [9.17, 15) is 9.59 Å². The number of hydrogen-bond acceptors (Lipinski definition) is 3. The first-order valence-electron chi connectivity index (χ1n) is 9.30. The second-order valence-electron chi connectivity index (χ2n) is 7.12. The van der Waals surface area contributed by atoms with Crippen molar-refractivity contribution in [2.75, 3.05) is 20.1 Å². The Labute approximate surface area is 161 Å². The predicted molar refractivity (Wildman–Crippen MR) is 108 cm³/mol. The molecule has 2 N–H and O–H groups in total. The molecule has 27 heavy (non-hydrogen) atoms. The Morgan fingerprint density at radius 2 is 1.37 bits per heavy atom. The highest BCUT2D eigenvalue weighted by molar-refractivity contribution is 5.81. The Kier molecular flexibility index (Phi) is 8.01. The summed E-state index contributed by atoms with van der Waals surface area (Å²) in [6, 6.07) is 20.0. The van der Waals surface area contributed by atoms with Gasteiger partial charge in [0, 0.05) is 6.04 Å². The number of carbonyl (C=O) groups excluding carboxylic acids is 2. The standard InChI is InChI=1S/C22H29N3O2/c1-17(2)23-21(26)15-25(3)16-22(27)24-20(19-12-8-5-9-13-19)14-18-10-6-4-7-11-18/h4-13,17,20H,14-16H2,1-3H3,(H,23,26)(H,24,27)/t20-/m0/s1. The van der Waals surface area contributed by atoms with E-state index in [4.69, 9.17) is 0 Å². The van der Waals surface area contributed by atoms with Crippen LogP contribution >= 0.6 is 0 Å². The van der Waals surface area contributed by atoms with Gasteiger partial charge in [-0.1, -0.05) is 60.7 Å². The van der Waals surface area contributed by atoms with Crippen LogP contribution in [0.25, 0.3) is 0 Å². The van der Waals surface area contributed by atoms with Crippen molar-refractivity contribution in [1.29, 1.82) is 0 Å². The fourth-order valence-electron chi connectivity index (χ4n) is 2.94. The van der Waals surface area contributed by atoms with Gasteiger partial charge in [0.05, 0.1) is 19.1 Å². The van der Waals surface area contributed by atoms with Gasteiger partial charge in [0.15, 0.2) is 0 Å².